The van der Waals surface area contributed by atoms with E-state index in [2.05, 4.69) is 10.3 Å². The third kappa shape index (κ3) is 3.76. The SMILES string of the molecule is COC(C(C)OCc1ccc(Cl)cc1)n1ccnn1. The van der Waals surface area contributed by atoms with Crippen LogP contribution in [0.25, 0.3) is 0 Å². The molecule has 2 atom stereocenters. The molecular formula is C13H16ClN3O2. The van der Waals surface area contributed by atoms with Crippen molar-refractivity contribution >= 4 is 11.6 Å². The van der Waals surface area contributed by atoms with E-state index < -0.39 is 0 Å². The van der Waals surface area contributed by atoms with E-state index in [1.54, 1.807) is 24.2 Å². The van der Waals surface area contributed by atoms with E-state index in [0.29, 0.717) is 11.6 Å². The lowest BCUT2D eigenvalue weighted by Crippen LogP contribution is -2.26. The molecule has 0 aliphatic rings. The predicted octanol–water partition coefficient (Wildman–Crippen LogP) is 2.68. The van der Waals surface area contributed by atoms with E-state index in [0.717, 1.165) is 5.56 Å². The summed E-state index contributed by atoms with van der Waals surface area (Å²) in [5.74, 6) is 0. The zero-order valence-electron chi connectivity index (χ0n) is 10.9. The molecule has 0 bridgehead atoms. The first-order valence-electron chi connectivity index (χ1n) is 5.95. The fourth-order valence-corrected chi connectivity index (χ4v) is 1.88. The summed E-state index contributed by atoms with van der Waals surface area (Å²) in [6.07, 6.45) is 2.91. The molecule has 0 aliphatic carbocycles. The zero-order valence-corrected chi connectivity index (χ0v) is 11.6. The Balaban J connectivity index is 1.93. The first-order chi connectivity index (χ1) is 9.20. The van der Waals surface area contributed by atoms with Crippen molar-refractivity contribution in [3.05, 3.63) is 47.2 Å². The van der Waals surface area contributed by atoms with Gasteiger partial charge in [0.25, 0.3) is 0 Å². The highest BCUT2D eigenvalue weighted by atomic mass is 35.5. The number of hydrogen-bond acceptors (Lipinski definition) is 4. The Morgan fingerprint density at radius 3 is 2.63 bits per heavy atom. The summed E-state index contributed by atoms with van der Waals surface area (Å²) < 4.78 is 12.8. The molecule has 6 heteroatoms. The molecular weight excluding hydrogens is 266 g/mol. The Bertz CT molecular complexity index is 487. The molecule has 0 N–H and O–H groups in total. The standard InChI is InChI=1S/C13H16ClN3O2/c1-10(13(18-2)17-8-7-15-16-17)19-9-11-3-5-12(14)6-4-11/h3-8,10,13H,9H2,1-2H3. The van der Waals surface area contributed by atoms with E-state index in [1.807, 2.05) is 31.2 Å². The van der Waals surface area contributed by atoms with Crippen LogP contribution in [0, 0.1) is 0 Å². The van der Waals surface area contributed by atoms with Gasteiger partial charge in [0.05, 0.1) is 12.8 Å². The summed E-state index contributed by atoms with van der Waals surface area (Å²) in [4.78, 5) is 0. The van der Waals surface area contributed by atoms with Crippen LogP contribution in [-0.4, -0.2) is 28.2 Å². The fraction of sp³-hybridized carbons (Fsp3) is 0.385. The number of nitrogens with zero attached hydrogens (tertiary/aromatic N) is 3. The van der Waals surface area contributed by atoms with Gasteiger partial charge in [-0.3, -0.25) is 0 Å². The van der Waals surface area contributed by atoms with Crippen molar-refractivity contribution in [2.75, 3.05) is 7.11 Å². The maximum absolute atomic E-state index is 5.84. The number of methoxy groups -OCH3 is 1. The number of benzene rings is 1. The van der Waals surface area contributed by atoms with Crippen LogP contribution < -0.4 is 0 Å². The Morgan fingerprint density at radius 2 is 2.05 bits per heavy atom. The normalized spacial score (nSPS) is 14.3. The van der Waals surface area contributed by atoms with Crippen LogP contribution in [0.5, 0.6) is 0 Å². The molecule has 1 heterocycles. The van der Waals surface area contributed by atoms with Crippen molar-refractivity contribution in [2.24, 2.45) is 0 Å². The Kier molecular flexibility index (Phi) is 4.90. The summed E-state index contributed by atoms with van der Waals surface area (Å²) in [6.45, 7) is 2.43. The highest BCUT2D eigenvalue weighted by Gasteiger charge is 2.19. The summed E-state index contributed by atoms with van der Waals surface area (Å²) in [7, 11) is 1.62. The Morgan fingerprint density at radius 1 is 1.32 bits per heavy atom. The lowest BCUT2D eigenvalue weighted by Gasteiger charge is -2.22. The second-order valence-corrected chi connectivity index (χ2v) is 4.59. The number of rotatable bonds is 6. The minimum atomic E-state index is -0.296. The summed E-state index contributed by atoms with van der Waals surface area (Å²) >= 11 is 5.84. The minimum absolute atomic E-state index is 0.151. The molecule has 0 fully saturated rings. The monoisotopic (exact) mass is 281 g/mol. The number of ether oxygens (including phenoxy) is 2. The van der Waals surface area contributed by atoms with Gasteiger partial charge >= 0.3 is 0 Å². The van der Waals surface area contributed by atoms with Crippen LogP contribution >= 0.6 is 11.6 Å². The van der Waals surface area contributed by atoms with Gasteiger partial charge in [-0.25, -0.2) is 4.68 Å². The second-order valence-electron chi connectivity index (χ2n) is 4.15. The van der Waals surface area contributed by atoms with Crippen LogP contribution in [-0.2, 0) is 16.1 Å². The van der Waals surface area contributed by atoms with Crippen LogP contribution in [0.1, 0.15) is 18.7 Å². The molecule has 0 aliphatic heterocycles. The summed E-state index contributed by atoms with van der Waals surface area (Å²) in [5.41, 5.74) is 1.06. The van der Waals surface area contributed by atoms with E-state index in [4.69, 9.17) is 21.1 Å². The number of hydrogen-bond donors (Lipinski definition) is 0. The van der Waals surface area contributed by atoms with Gasteiger partial charge in [-0.1, -0.05) is 28.9 Å². The topological polar surface area (TPSA) is 49.2 Å². The van der Waals surface area contributed by atoms with Gasteiger partial charge in [-0.15, -0.1) is 5.10 Å². The van der Waals surface area contributed by atoms with E-state index in [9.17, 15) is 0 Å². The summed E-state index contributed by atoms with van der Waals surface area (Å²) in [5, 5.41) is 8.40. The van der Waals surface area contributed by atoms with Crippen molar-refractivity contribution in [1.82, 2.24) is 15.0 Å². The van der Waals surface area contributed by atoms with Crippen LogP contribution in [0.4, 0.5) is 0 Å². The molecule has 1 aromatic heterocycles. The molecule has 0 spiro atoms. The number of aromatic nitrogens is 3. The molecule has 102 valence electrons. The fourth-order valence-electron chi connectivity index (χ4n) is 1.76. The lowest BCUT2D eigenvalue weighted by molar-refractivity contribution is -0.0963. The predicted molar refractivity (Wildman–Crippen MR) is 71.8 cm³/mol. The molecule has 2 rings (SSSR count). The molecule has 2 aromatic rings. The van der Waals surface area contributed by atoms with Gasteiger partial charge in [-0.05, 0) is 24.6 Å². The minimum Gasteiger partial charge on any atom is -0.369 e. The van der Waals surface area contributed by atoms with Crippen molar-refractivity contribution in [3.63, 3.8) is 0 Å². The molecule has 0 saturated heterocycles. The zero-order chi connectivity index (χ0) is 13.7. The van der Waals surface area contributed by atoms with Gasteiger partial charge < -0.3 is 9.47 Å². The maximum Gasteiger partial charge on any atom is 0.177 e. The quantitative estimate of drug-likeness (QED) is 0.817. The van der Waals surface area contributed by atoms with Crippen LogP contribution in [0.15, 0.2) is 36.7 Å². The van der Waals surface area contributed by atoms with Gasteiger partial charge in [-0.2, -0.15) is 0 Å². The molecule has 0 radical (unpaired) electrons. The van der Waals surface area contributed by atoms with Gasteiger partial charge in [0.15, 0.2) is 6.23 Å². The van der Waals surface area contributed by atoms with Crippen molar-refractivity contribution in [2.45, 2.75) is 25.9 Å². The molecule has 0 saturated carbocycles. The van der Waals surface area contributed by atoms with Gasteiger partial charge in [0.2, 0.25) is 0 Å². The van der Waals surface area contributed by atoms with Crippen molar-refractivity contribution in [1.29, 1.82) is 0 Å². The smallest absolute Gasteiger partial charge is 0.177 e. The summed E-state index contributed by atoms with van der Waals surface area (Å²) in [6, 6.07) is 7.56. The highest BCUT2D eigenvalue weighted by Crippen LogP contribution is 2.17. The number of halogens is 1. The molecule has 1 aromatic carbocycles. The maximum atomic E-state index is 5.84. The first kappa shape index (κ1) is 14.0. The molecule has 0 amide bonds. The third-order valence-electron chi connectivity index (χ3n) is 2.77. The van der Waals surface area contributed by atoms with Crippen LogP contribution in [0.2, 0.25) is 5.02 Å². The van der Waals surface area contributed by atoms with Gasteiger partial charge in [0.1, 0.15) is 6.10 Å². The van der Waals surface area contributed by atoms with Crippen LogP contribution in [0.3, 0.4) is 0 Å². The first-order valence-corrected chi connectivity index (χ1v) is 6.33. The Hall–Kier alpha value is -1.43. The molecule has 5 nitrogen and oxygen atoms in total. The van der Waals surface area contributed by atoms with Crippen molar-refractivity contribution in [3.8, 4) is 0 Å². The highest BCUT2D eigenvalue weighted by molar-refractivity contribution is 6.30. The lowest BCUT2D eigenvalue weighted by atomic mass is 10.2. The third-order valence-corrected chi connectivity index (χ3v) is 3.02. The largest absolute Gasteiger partial charge is 0.369 e. The van der Waals surface area contributed by atoms with Gasteiger partial charge in [0, 0.05) is 18.3 Å². The molecule has 19 heavy (non-hydrogen) atoms. The average Bonchev–Trinajstić information content (AvgIpc) is 2.93. The average molecular weight is 282 g/mol. The second kappa shape index (κ2) is 6.65. The Labute approximate surface area is 117 Å². The van der Waals surface area contributed by atoms with Crippen molar-refractivity contribution < 1.29 is 9.47 Å². The van der Waals surface area contributed by atoms with E-state index in [1.165, 1.54) is 0 Å². The molecule has 2 unspecified atom stereocenters. The van der Waals surface area contributed by atoms with E-state index >= 15 is 0 Å². The van der Waals surface area contributed by atoms with E-state index in [-0.39, 0.29) is 12.3 Å².